The van der Waals surface area contributed by atoms with Crippen LogP contribution in [0.1, 0.15) is 16.3 Å². The first kappa shape index (κ1) is 17.1. The number of urea groups is 1. The molecule has 2 aromatic heterocycles. The summed E-state index contributed by atoms with van der Waals surface area (Å²) < 4.78 is 0. The molecule has 3 rings (SSSR count). The van der Waals surface area contributed by atoms with Crippen molar-refractivity contribution in [1.29, 1.82) is 0 Å². The van der Waals surface area contributed by atoms with E-state index in [1.807, 2.05) is 55.5 Å². The molecule has 0 spiro atoms. The fourth-order valence-corrected chi connectivity index (χ4v) is 3.38. The van der Waals surface area contributed by atoms with E-state index < -0.39 is 0 Å². The Hall–Kier alpha value is -2.73. The Balaban J connectivity index is 1.48. The molecule has 0 aliphatic carbocycles. The second kappa shape index (κ2) is 8.39. The van der Waals surface area contributed by atoms with Crippen molar-refractivity contribution < 1.29 is 4.79 Å². The van der Waals surface area contributed by atoms with Crippen LogP contribution in [0, 0.1) is 6.92 Å². The lowest BCUT2D eigenvalue weighted by atomic mass is 10.2. The van der Waals surface area contributed by atoms with Gasteiger partial charge < -0.3 is 10.6 Å². The number of nitrogens with one attached hydrogen (secondary N) is 2. The molecule has 0 aliphatic heterocycles. The fraction of sp³-hybridized carbons (Fsp3) is 0.211. The highest BCUT2D eigenvalue weighted by atomic mass is 32.1. The van der Waals surface area contributed by atoms with Crippen LogP contribution in [-0.4, -0.2) is 22.5 Å². The Bertz CT molecular complexity index is 818. The van der Waals surface area contributed by atoms with Crippen molar-refractivity contribution in [3.8, 4) is 10.6 Å². The van der Waals surface area contributed by atoms with Crippen molar-refractivity contribution in [2.24, 2.45) is 0 Å². The Morgan fingerprint density at radius 2 is 1.88 bits per heavy atom. The normalized spacial score (nSPS) is 10.4. The number of carbonyl (C=O) groups is 1. The minimum absolute atomic E-state index is 0.176. The zero-order valence-corrected chi connectivity index (χ0v) is 14.8. The third-order valence-corrected chi connectivity index (χ3v) is 4.92. The maximum absolute atomic E-state index is 11.9. The third kappa shape index (κ3) is 4.87. The molecule has 2 amide bonds. The minimum Gasteiger partial charge on any atom is -0.338 e. The maximum atomic E-state index is 11.9. The highest BCUT2D eigenvalue weighted by molar-refractivity contribution is 7.15. The summed E-state index contributed by atoms with van der Waals surface area (Å²) in [6.07, 6.45) is 2.47. The Morgan fingerprint density at radius 1 is 1.08 bits per heavy atom. The Morgan fingerprint density at radius 3 is 2.64 bits per heavy atom. The molecule has 2 N–H and O–H groups in total. The average molecular weight is 352 g/mol. The second-order valence-corrected chi connectivity index (χ2v) is 6.66. The summed E-state index contributed by atoms with van der Waals surface area (Å²) in [7, 11) is 0. The van der Waals surface area contributed by atoms with Gasteiger partial charge in [0.1, 0.15) is 5.01 Å². The number of hydrogen-bond acceptors (Lipinski definition) is 4. The molecule has 3 aromatic rings. The van der Waals surface area contributed by atoms with Crippen LogP contribution in [-0.2, 0) is 13.0 Å². The molecular formula is C19H20N4OS. The summed E-state index contributed by atoms with van der Waals surface area (Å²) in [5.74, 6) is 0. The average Bonchev–Trinajstić information content (AvgIpc) is 3.02. The molecule has 0 fully saturated rings. The number of aryl methyl sites for hydroxylation is 1. The van der Waals surface area contributed by atoms with Gasteiger partial charge in [0.2, 0.25) is 0 Å². The van der Waals surface area contributed by atoms with E-state index in [0.29, 0.717) is 19.5 Å². The molecule has 25 heavy (non-hydrogen) atoms. The van der Waals surface area contributed by atoms with Gasteiger partial charge >= 0.3 is 6.03 Å². The van der Waals surface area contributed by atoms with Gasteiger partial charge in [0.25, 0.3) is 0 Å². The smallest absolute Gasteiger partial charge is 0.315 e. The standard InChI is InChI=1S/C19H20N4OS/c1-14-17(25-18(23-14)15-7-3-2-4-8-15)13-22-19(24)21-12-10-16-9-5-6-11-20-16/h2-9,11H,10,12-13H2,1H3,(H2,21,22,24). The van der Waals surface area contributed by atoms with Crippen molar-refractivity contribution >= 4 is 17.4 Å². The van der Waals surface area contributed by atoms with Crippen molar-refractivity contribution in [1.82, 2.24) is 20.6 Å². The van der Waals surface area contributed by atoms with E-state index in [-0.39, 0.29) is 6.03 Å². The highest BCUT2D eigenvalue weighted by Gasteiger charge is 2.10. The van der Waals surface area contributed by atoms with Gasteiger partial charge in [-0.15, -0.1) is 11.3 Å². The molecule has 0 saturated carbocycles. The van der Waals surface area contributed by atoms with Gasteiger partial charge in [-0.1, -0.05) is 36.4 Å². The van der Waals surface area contributed by atoms with Gasteiger partial charge in [-0.3, -0.25) is 4.98 Å². The van der Waals surface area contributed by atoms with Crippen molar-refractivity contribution in [2.45, 2.75) is 19.9 Å². The molecule has 1 aromatic carbocycles. The van der Waals surface area contributed by atoms with E-state index in [1.165, 1.54) is 0 Å². The van der Waals surface area contributed by atoms with Crippen LogP contribution in [0.4, 0.5) is 4.79 Å². The summed E-state index contributed by atoms with van der Waals surface area (Å²) >= 11 is 1.61. The number of benzene rings is 1. The monoisotopic (exact) mass is 352 g/mol. The van der Waals surface area contributed by atoms with E-state index >= 15 is 0 Å². The lowest BCUT2D eigenvalue weighted by Crippen LogP contribution is -2.36. The van der Waals surface area contributed by atoms with E-state index in [9.17, 15) is 4.79 Å². The van der Waals surface area contributed by atoms with Crippen LogP contribution >= 0.6 is 11.3 Å². The van der Waals surface area contributed by atoms with E-state index in [0.717, 1.165) is 26.8 Å². The van der Waals surface area contributed by atoms with Crippen LogP contribution in [0.3, 0.4) is 0 Å². The first-order chi connectivity index (χ1) is 12.2. The predicted molar refractivity (Wildman–Crippen MR) is 100 cm³/mol. The lowest BCUT2D eigenvalue weighted by molar-refractivity contribution is 0.240. The van der Waals surface area contributed by atoms with E-state index in [1.54, 1.807) is 17.5 Å². The first-order valence-electron chi connectivity index (χ1n) is 8.15. The Kier molecular flexibility index (Phi) is 5.74. The number of nitrogens with zero attached hydrogens (tertiary/aromatic N) is 2. The fourth-order valence-electron chi connectivity index (χ4n) is 2.37. The number of hydrogen-bond donors (Lipinski definition) is 2. The molecule has 2 heterocycles. The number of thiazole rings is 1. The Labute approximate surface area is 151 Å². The molecule has 5 nitrogen and oxygen atoms in total. The van der Waals surface area contributed by atoms with Gasteiger partial charge in [0, 0.05) is 35.3 Å². The van der Waals surface area contributed by atoms with Gasteiger partial charge in [0.15, 0.2) is 0 Å². The third-order valence-electron chi connectivity index (χ3n) is 3.72. The van der Waals surface area contributed by atoms with Crippen molar-refractivity contribution in [2.75, 3.05) is 6.54 Å². The highest BCUT2D eigenvalue weighted by Crippen LogP contribution is 2.27. The molecule has 6 heteroatoms. The molecular weight excluding hydrogens is 332 g/mol. The molecule has 0 atom stereocenters. The molecule has 128 valence electrons. The maximum Gasteiger partial charge on any atom is 0.315 e. The largest absolute Gasteiger partial charge is 0.338 e. The van der Waals surface area contributed by atoms with Gasteiger partial charge in [-0.05, 0) is 19.1 Å². The first-order valence-corrected chi connectivity index (χ1v) is 8.97. The van der Waals surface area contributed by atoms with Gasteiger partial charge in [-0.25, -0.2) is 9.78 Å². The summed E-state index contributed by atoms with van der Waals surface area (Å²) in [5.41, 5.74) is 3.02. The number of rotatable bonds is 6. The van der Waals surface area contributed by atoms with Gasteiger partial charge in [-0.2, -0.15) is 0 Å². The molecule has 0 unspecified atom stereocenters. The summed E-state index contributed by atoms with van der Waals surface area (Å²) in [6, 6.07) is 15.7. The van der Waals surface area contributed by atoms with Gasteiger partial charge in [0.05, 0.1) is 12.2 Å². The van der Waals surface area contributed by atoms with Crippen molar-refractivity contribution in [3.05, 3.63) is 71.0 Å². The number of pyridine rings is 1. The summed E-state index contributed by atoms with van der Waals surface area (Å²) in [4.78, 5) is 21.8. The topological polar surface area (TPSA) is 66.9 Å². The number of amides is 2. The van der Waals surface area contributed by atoms with Crippen LogP contribution in [0.2, 0.25) is 0 Å². The lowest BCUT2D eigenvalue weighted by Gasteiger charge is -2.06. The zero-order valence-electron chi connectivity index (χ0n) is 14.0. The second-order valence-electron chi connectivity index (χ2n) is 5.57. The molecule has 0 radical (unpaired) electrons. The molecule has 0 bridgehead atoms. The predicted octanol–water partition coefficient (Wildman–Crippen LogP) is 3.56. The summed E-state index contributed by atoms with van der Waals surface area (Å²) in [6.45, 7) is 3.00. The summed E-state index contributed by atoms with van der Waals surface area (Å²) in [5, 5.41) is 6.72. The minimum atomic E-state index is -0.176. The number of aromatic nitrogens is 2. The van der Waals surface area contributed by atoms with Crippen LogP contribution in [0.15, 0.2) is 54.7 Å². The van der Waals surface area contributed by atoms with Crippen LogP contribution in [0.5, 0.6) is 0 Å². The molecule has 0 saturated heterocycles. The quantitative estimate of drug-likeness (QED) is 0.713. The van der Waals surface area contributed by atoms with Crippen molar-refractivity contribution in [3.63, 3.8) is 0 Å². The zero-order chi connectivity index (χ0) is 17.5. The van der Waals surface area contributed by atoms with E-state index in [2.05, 4.69) is 20.6 Å². The van der Waals surface area contributed by atoms with Crippen LogP contribution in [0.25, 0.3) is 10.6 Å². The van der Waals surface area contributed by atoms with Crippen LogP contribution < -0.4 is 10.6 Å². The number of carbonyl (C=O) groups excluding carboxylic acids is 1. The van der Waals surface area contributed by atoms with E-state index in [4.69, 9.17) is 0 Å². The molecule has 0 aliphatic rings. The SMILES string of the molecule is Cc1nc(-c2ccccc2)sc1CNC(=O)NCCc1ccccn1.